The molecule has 0 saturated heterocycles. The Morgan fingerprint density at radius 1 is 1.21 bits per heavy atom. The maximum absolute atomic E-state index is 11.9. The minimum Gasteiger partial charge on any atom is -0.472 e. The number of furan rings is 1. The van der Waals surface area contributed by atoms with E-state index in [0.717, 1.165) is 11.1 Å². The van der Waals surface area contributed by atoms with E-state index in [0.29, 0.717) is 0 Å². The Morgan fingerprint density at radius 3 is 2.58 bits per heavy atom. The first-order valence-corrected chi connectivity index (χ1v) is 7.31. The molecule has 0 bridgehead atoms. The fourth-order valence-electron chi connectivity index (χ4n) is 1.52. The third-order valence-corrected chi connectivity index (χ3v) is 4.02. The Bertz CT molecular complexity index is 641. The molecule has 2 aromatic rings. The van der Waals surface area contributed by atoms with Crippen LogP contribution in [0.3, 0.4) is 0 Å². The number of nitrogens with one attached hydrogen (secondary N) is 1. The molecule has 4 nitrogen and oxygen atoms in total. The highest BCUT2D eigenvalue weighted by Gasteiger charge is 2.11. The van der Waals surface area contributed by atoms with Crippen LogP contribution in [0.2, 0.25) is 0 Å². The van der Waals surface area contributed by atoms with Crippen molar-refractivity contribution in [1.29, 1.82) is 0 Å². The fourth-order valence-corrected chi connectivity index (χ4v) is 2.50. The summed E-state index contributed by atoms with van der Waals surface area (Å²) < 4.78 is 31.3. The van der Waals surface area contributed by atoms with Crippen LogP contribution in [0.1, 0.15) is 11.1 Å². The second kappa shape index (κ2) is 5.86. The van der Waals surface area contributed by atoms with Gasteiger partial charge in [-0.25, -0.2) is 13.1 Å². The first kappa shape index (κ1) is 13.6. The Hall–Kier alpha value is -1.85. The number of hydrogen-bond acceptors (Lipinski definition) is 3. The van der Waals surface area contributed by atoms with Crippen molar-refractivity contribution in [2.75, 3.05) is 6.54 Å². The van der Waals surface area contributed by atoms with Gasteiger partial charge in [0.05, 0.1) is 17.4 Å². The predicted molar refractivity (Wildman–Crippen MR) is 74.1 cm³/mol. The van der Waals surface area contributed by atoms with Crippen LogP contribution >= 0.6 is 0 Å². The molecule has 0 atom stereocenters. The second-order valence-electron chi connectivity index (χ2n) is 4.12. The molecule has 0 fully saturated rings. The minimum absolute atomic E-state index is 0.237. The van der Waals surface area contributed by atoms with Gasteiger partial charge in [-0.15, -0.1) is 0 Å². The van der Waals surface area contributed by atoms with Gasteiger partial charge in [-0.1, -0.05) is 29.8 Å². The lowest BCUT2D eigenvalue weighted by Crippen LogP contribution is -2.23. The minimum atomic E-state index is -3.44. The zero-order chi connectivity index (χ0) is 13.7. The first-order valence-electron chi connectivity index (χ1n) is 5.83. The molecule has 19 heavy (non-hydrogen) atoms. The summed E-state index contributed by atoms with van der Waals surface area (Å²) >= 11 is 0. The monoisotopic (exact) mass is 277 g/mol. The van der Waals surface area contributed by atoms with Gasteiger partial charge in [-0.3, -0.25) is 0 Å². The van der Waals surface area contributed by atoms with Crippen molar-refractivity contribution in [3.8, 4) is 0 Å². The molecule has 0 unspecified atom stereocenters. The molecular weight excluding hydrogens is 262 g/mol. The van der Waals surface area contributed by atoms with Gasteiger partial charge in [0, 0.05) is 12.1 Å². The molecule has 2 rings (SSSR count). The molecule has 1 N–H and O–H groups in total. The zero-order valence-corrected chi connectivity index (χ0v) is 11.4. The van der Waals surface area contributed by atoms with E-state index in [1.807, 2.05) is 6.92 Å². The molecule has 0 amide bonds. The van der Waals surface area contributed by atoms with Gasteiger partial charge in [0.25, 0.3) is 0 Å². The molecule has 0 aliphatic rings. The largest absolute Gasteiger partial charge is 0.472 e. The highest BCUT2D eigenvalue weighted by molar-refractivity contribution is 7.89. The van der Waals surface area contributed by atoms with Gasteiger partial charge < -0.3 is 4.42 Å². The molecule has 0 spiro atoms. The van der Waals surface area contributed by atoms with E-state index >= 15 is 0 Å². The van der Waals surface area contributed by atoms with E-state index in [1.165, 1.54) is 0 Å². The number of sulfonamides is 1. The quantitative estimate of drug-likeness (QED) is 0.913. The van der Waals surface area contributed by atoms with Crippen LogP contribution in [0.15, 0.2) is 58.2 Å². The maximum atomic E-state index is 11.9. The van der Waals surface area contributed by atoms with E-state index in [4.69, 9.17) is 4.42 Å². The summed E-state index contributed by atoms with van der Waals surface area (Å²) in [6.45, 7) is 2.15. The van der Waals surface area contributed by atoms with E-state index in [9.17, 15) is 8.42 Å². The molecule has 1 heterocycles. The van der Waals surface area contributed by atoms with E-state index in [1.54, 1.807) is 55.0 Å². The molecule has 0 radical (unpaired) electrons. The standard InChI is InChI=1S/C14H15NO3S/c1-12-4-6-14(7-5-12)19(16,17)15-9-2-3-13-8-10-18-11-13/h2-8,10-11,15H,9H2,1H3/b3-2+. The van der Waals surface area contributed by atoms with Gasteiger partial charge in [0.15, 0.2) is 0 Å². The van der Waals surface area contributed by atoms with Crippen molar-refractivity contribution in [2.24, 2.45) is 0 Å². The highest BCUT2D eigenvalue weighted by atomic mass is 32.2. The molecule has 1 aromatic carbocycles. The van der Waals surface area contributed by atoms with Gasteiger partial charge in [0.1, 0.15) is 0 Å². The number of hydrogen-bond donors (Lipinski definition) is 1. The van der Waals surface area contributed by atoms with Crippen LogP contribution in [0, 0.1) is 6.92 Å². The lowest BCUT2D eigenvalue weighted by Gasteiger charge is -2.04. The van der Waals surface area contributed by atoms with Gasteiger partial charge in [-0.05, 0) is 25.1 Å². The number of aryl methyl sites for hydroxylation is 1. The molecule has 1 aromatic heterocycles. The lowest BCUT2D eigenvalue weighted by molar-refractivity contribution is 0.567. The molecular formula is C14H15NO3S. The summed E-state index contributed by atoms with van der Waals surface area (Å²) in [6.07, 6.45) is 6.68. The molecule has 5 heteroatoms. The van der Waals surface area contributed by atoms with E-state index in [-0.39, 0.29) is 11.4 Å². The van der Waals surface area contributed by atoms with Gasteiger partial charge >= 0.3 is 0 Å². The van der Waals surface area contributed by atoms with E-state index in [2.05, 4.69) is 4.72 Å². The summed E-state index contributed by atoms with van der Waals surface area (Å²) in [6, 6.07) is 8.53. The Morgan fingerprint density at radius 2 is 1.95 bits per heavy atom. The second-order valence-corrected chi connectivity index (χ2v) is 5.89. The van der Waals surface area contributed by atoms with Gasteiger partial charge in [-0.2, -0.15) is 0 Å². The van der Waals surface area contributed by atoms with E-state index < -0.39 is 10.0 Å². The highest BCUT2D eigenvalue weighted by Crippen LogP contribution is 2.09. The van der Waals surface area contributed by atoms with Crippen LogP contribution in [-0.4, -0.2) is 15.0 Å². The van der Waals surface area contributed by atoms with Crippen molar-refractivity contribution >= 4 is 16.1 Å². The summed E-state index contributed by atoms with van der Waals surface area (Å²) in [4.78, 5) is 0.273. The van der Waals surface area contributed by atoms with Crippen molar-refractivity contribution in [3.05, 3.63) is 60.1 Å². The molecule has 0 aliphatic carbocycles. The average molecular weight is 277 g/mol. The van der Waals surface area contributed by atoms with Crippen LogP contribution in [0.5, 0.6) is 0 Å². The molecule has 0 aliphatic heterocycles. The molecule has 0 saturated carbocycles. The Labute approximate surface area is 112 Å². The number of benzene rings is 1. The smallest absolute Gasteiger partial charge is 0.240 e. The van der Waals surface area contributed by atoms with Gasteiger partial charge in [0.2, 0.25) is 10.0 Å². The van der Waals surface area contributed by atoms with Crippen molar-refractivity contribution in [2.45, 2.75) is 11.8 Å². The normalized spacial score (nSPS) is 12.1. The van der Waals surface area contributed by atoms with Crippen LogP contribution < -0.4 is 4.72 Å². The predicted octanol–water partition coefficient (Wildman–Crippen LogP) is 2.58. The summed E-state index contributed by atoms with van der Waals surface area (Å²) in [5.74, 6) is 0. The van der Waals surface area contributed by atoms with Crippen molar-refractivity contribution in [1.82, 2.24) is 4.72 Å². The average Bonchev–Trinajstić information content (AvgIpc) is 2.88. The maximum Gasteiger partial charge on any atom is 0.240 e. The summed E-state index contributed by atoms with van der Waals surface area (Å²) in [5.41, 5.74) is 1.92. The first-order chi connectivity index (χ1) is 9.08. The third kappa shape index (κ3) is 3.81. The molecule has 100 valence electrons. The summed E-state index contributed by atoms with van der Waals surface area (Å²) in [5, 5.41) is 0. The Kier molecular flexibility index (Phi) is 4.19. The fraction of sp³-hybridized carbons (Fsp3) is 0.143. The number of rotatable bonds is 5. The van der Waals surface area contributed by atoms with Crippen LogP contribution in [-0.2, 0) is 10.0 Å². The van der Waals surface area contributed by atoms with Crippen LogP contribution in [0.25, 0.3) is 6.08 Å². The Balaban J connectivity index is 1.96. The lowest BCUT2D eigenvalue weighted by atomic mass is 10.2. The summed E-state index contributed by atoms with van der Waals surface area (Å²) in [7, 11) is -3.44. The van der Waals surface area contributed by atoms with Crippen molar-refractivity contribution in [3.63, 3.8) is 0 Å². The zero-order valence-electron chi connectivity index (χ0n) is 10.5. The third-order valence-electron chi connectivity index (χ3n) is 2.58. The van der Waals surface area contributed by atoms with Crippen LogP contribution in [0.4, 0.5) is 0 Å². The van der Waals surface area contributed by atoms with Crippen molar-refractivity contribution < 1.29 is 12.8 Å². The topological polar surface area (TPSA) is 59.3 Å². The SMILES string of the molecule is Cc1ccc(S(=O)(=O)NC/C=C/c2ccoc2)cc1.